The van der Waals surface area contributed by atoms with E-state index >= 15 is 0 Å². The maximum absolute atomic E-state index is 5.72. The van der Waals surface area contributed by atoms with E-state index in [1.807, 2.05) is 11.3 Å². The standard InChI is InChI=1S/C18H25NOS/c1-6-14-10-11-21-18(14)16(19-7-2)15-9-8-12(3)13(4)17(15)20-5/h8-11,16,19H,6-7H2,1-5H3. The molecule has 114 valence electrons. The number of hydrogen-bond acceptors (Lipinski definition) is 3. The molecule has 3 heteroatoms. The van der Waals surface area contributed by atoms with Crippen LogP contribution in [0.2, 0.25) is 0 Å². The molecule has 1 aromatic heterocycles. The molecule has 0 aliphatic heterocycles. The van der Waals surface area contributed by atoms with Gasteiger partial charge in [0.15, 0.2) is 0 Å². The Morgan fingerprint density at radius 3 is 2.57 bits per heavy atom. The molecule has 0 radical (unpaired) electrons. The number of methoxy groups -OCH3 is 1. The van der Waals surface area contributed by atoms with Crippen molar-refractivity contribution in [2.24, 2.45) is 0 Å². The van der Waals surface area contributed by atoms with Gasteiger partial charge in [0, 0.05) is 10.4 Å². The van der Waals surface area contributed by atoms with Crippen LogP contribution in [-0.2, 0) is 6.42 Å². The predicted molar refractivity (Wildman–Crippen MR) is 91.7 cm³/mol. The molecule has 21 heavy (non-hydrogen) atoms. The van der Waals surface area contributed by atoms with Gasteiger partial charge in [0.2, 0.25) is 0 Å². The molecule has 0 spiro atoms. The minimum atomic E-state index is 0.208. The number of rotatable bonds is 6. The molecule has 0 bridgehead atoms. The van der Waals surface area contributed by atoms with Crippen molar-refractivity contribution in [3.63, 3.8) is 0 Å². The van der Waals surface area contributed by atoms with Crippen LogP contribution in [-0.4, -0.2) is 13.7 Å². The first-order valence-corrected chi connectivity index (χ1v) is 8.45. The van der Waals surface area contributed by atoms with Crippen molar-refractivity contribution in [3.05, 3.63) is 50.7 Å². The van der Waals surface area contributed by atoms with Gasteiger partial charge in [-0.2, -0.15) is 0 Å². The van der Waals surface area contributed by atoms with E-state index in [4.69, 9.17) is 4.74 Å². The van der Waals surface area contributed by atoms with E-state index in [9.17, 15) is 0 Å². The Kier molecular flexibility index (Phi) is 5.43. The summed E-state index contributed by atoms with van der Waals surface area (Å²) in [6.45, 7) is 9.57. The van der Waals surface area contributed by atoms with Gasteiger partial charge >= 0.3 is 0 Å². The van der Waals surface area contributed by atoms with Crippen molar-refractivity contribution in [2.75, 3.05) is 13.7 Å². The molecule has 2 rings (SSSR count). The molecular formula is C18H25NOS. The summed E-state index contributed by atoms with van der Waals surface area (Å²) in [5.41, 5.74) is 5.16. The summed E-state index contributed by atoms with van der Waals surface area (Å²) < 4.78 is 5.72. The highest BCUT2D eigenvalue weighted by molar-refractivity contribution is 7.10. The molecule has 2 nitrogen and oxygen atoms in total. The average molecular weight is 303 g/mol. The number of hydrogen-bond donors (Lipinski definition) is 1. The lowest BCUT2D eigenvalue weighted by Gasteiger charge is -2.23. The first-order valence-electron chi connectivity index (χ1n) is 7.57. The second-order valence-electron chi connectivity index (χ2n) is 5.28. The largest absolute Gasteiger partial charge is 0.496 e. The molecule has 1 atom stereocenters. The second kappa shape index (κ2) is 7.10. The van der Waals surface area contributed by atoms with E-state index < -0.39 is 0 Å². The fourth-order valence-corrected chi connectivity index (χ4v) is 3.84. The third kappa shape index (κ3) is 3.14. The van der Waals surface area contributed by atoms with Crippen LogP contribution < -0.4 is 10.1 Å². The summed E-state index contributed by atoms with van der Waals surface area (Å²) in [6.07, 6.45) is 1.06. The Hall–Kier alpha value is -1.32. The van der Waals surface area contributed by atoms with Crippen LogP contribution >= 0.6 is 11.3 Å². The van der Waals surface area contributed by atoms with Crippen LogP contribution in [0.1, 0.15) is 47.0 Å². The van der Waals surface area contributed by atoms with Gasteiger partial charge in [-0.25, -0.2) is 0 Å². The molecule has 1 aromatic carbocycles. The zero-order valence-corrected chi connectivity index (χ0v) is 14.4. The Morgan fingerprint density at radius 2 is 1.95 bits per heavy atom. The summed E-state index contributed by atoms with van der Waals surface area (Å²) >= 11 is 1.83. The molecule has 0 aliphatic carbocycles. The van der Waals surface area contributed by atoms with Crippen molar-refractivity contribution in [1.29, 1.82) is 0 Å². The van der Waals surface area contributed by atoms with Gasteiger partial charge in [0.1, 0.15) is 5.75 Å². The van der Waals surface area contributed by atoms with Gasteiger partial charge in [-0.1, -0.05) is 26.0 Å². The van der Waals surface area contributed by atoms with Crippen LogP contribution in [0.4, 0.5) is 0 Å². The summed E-state index contributed by atoms with van der Waals surface area (Å²) in [5.74, 6) is 1.01. The first kappa shape index (κ1) is 16.1. The van der Waals surface area contributed by atoms with Crippen molar-refractivity contribution >= 4 is 11.3 Å². The Morgan fingerprint density at radius 1 is 1.19 bits per heavy atom. The summed E-state index contributed by atoms with van der Waals surface area (Å²) in [5, 5.41) is 5.81. The highest BCUT2D eigenvalue weighted by Crippen LogP contribution is 2.37. The third-order valence-electron chi connectivity index (χ3n) is 4.05. The summed E-state index contributed by atoms with van der Waals surface area (Å²) in [7, 11) is 1.77. The number of benzene rings is 1. The lowest BCUT2D eigenvalue weighted by Crippen LogP contribution is -2.23. The Bertz CT molecular complexity index is 603. The first-order chi connectivity index (χ1) is 10.1. The van der Waals surface area contributed by atoms with E-state index in [0.717, 1.165) is 18.7 Å². The number of aryl methyl sites for hydroxylation is 2. The molecule has 0 saturated heterocycles. The Labute approximate surface area is 132 Å². The third-order valence-corrected chi connectivity index (χ3v) is 5.08. The maximum atomic E-state index is 5.72. The minimum Gasteiger partial charge on any atom is -0.496 e. The van der Waals surface area contributed by atoms with E-state index in [1.165, 1.54) is 27.1 Å². The number of thiophene rings is 1. The highest BCUT2D eigenvalue weighted by atomic mass is 32.1. The van der Waals surface area contributed by atoms with Gasteiger partial charge in [0.05, 0.1) is 13.2 Å². The number of ether oxygens (including phenoxy) is 1. The summed E-state index contributed by atoms with van der Waals surface area (Å²) in [4.78, 5) is 1.40. The Balaban J connectivity index is 2.56. The van der Waals surface area contributed by atoms with E-state index in [2.05, 4.69) is 56.6 Å². The van der Waals surface area contributed by atoms with E-state index in [1.54, 1.807) is 7.11 Å². The van der Waals surface area contributed by atoms with Crippen molar-refractivity contribution in [2.45, 2.75) is 40.2 Å². The lowest BCUT2D eigenvalue weighted by atomic mass is 9.96. The fourth-order valence-electron chi connectivity index (χ4n) is 2.75. The van der Waals surface area contributed by atoms with E-state index in [-0.39, 0.29) is 6.04 Å². The molecular weight excluding hydrogens is 278 g/mol. The van der Waals surface area contributed by atoms with Crippen LogP contribution in [0.15, 0.2) is 23.6 Å². The molecule has 1 N–H and O–H groups in total. The SMILES string of the molecule is CCNC(c1ccc(C)c(C)c1OC)c1sccc1CC. The van der Waals surface area contributed by atoms with Crippen molar-refractivity contribution in [3.8, 4) is 5.75 Å². The molecule has 0 saturated carbocycles. The minimum absolute atomic E-state index is 0.208. The fraction of sp³-hybridized carbons (Fsp3) is 0.444. The average Bonchev–Trinajstić information content (AvgIpc) is 2.96. The van der Waals surface area contributed by atoms with Gasteiger partial charge < -0.3 is 10.1 Å². The molecule has 0 aliphatic rings. The molecule has 0 amide bonds. The predicted octanol–water partition coefficient (Wildman–Crippen LogP) is 4.63. The van der Waals surface area contributed by atoms with Gasteiger partial charge in [-0.05, 0) is 54.9 Å². The normalized spacial score (nSPS) is 12.4. The molecule has 0 fully saturated rings. The van der Waals surface area contributed by atoms with Gasteiger partial charge in [0.25, 0.3) is 0 Å². The topological polar surface area (TPSA) is 21.3 Å². The van der Waals surface area contributed by atoms with Crippen LogP contribution in [0.3, 0.4) is 0 Å². The quantitative estimate of drug-likeness (QED) is 0.839. The maximum Gasteiger partial charge on any atom is 0.127 e. The highest BCUT2D eigenvalue weighted by Gasteiger charge is 2.22. The molecule has 1 unspecified atom stereocenters. The monoisotopic (exact) mass is 303 g/mol. The van der Waals surface area contributed by atoms with Gasteiger partial charge in [-0.3, -0.25) is 0 Å². The second-order valence-corrected chi connectivity index (χ2v) is 6.23. The lowest BCUT2D eigenvalue weighted by molar-refractivity contribution is 0.401. The summed E-state index contributed by atoms with van der Waals surface area (Å²) in [6, 6.07) is 6.83. The van der Waals surface area contributed by atoms with Gasteiger partial charge in [-0.15, -0.1) is 11.3 Å². The van der Waals surface area contributed by atoms with Crippen LogP contribution in [0, 0.1) is 13.8 Å². The zero-order chi connectivity index (χ0) is 15.4. The van der Waals surface area contributed by atoms with Crippen molar-refractivity contribution in [1.82, 2.24) is 5.32 Å². The van der Waals surface area contributed by atoms with Crippen LogP contribution in [0.25, 0.3) is 0 Å². The number of nitrogens with one attached hydrogen (secondary N) is 1. The zero-order valence-electron chi connectivity index (χ0n) is 13.6. The van der Waals surface area contributed by atoms with Crippen LogP contribution in [0.5, 0.6) is 5.75 Å². The molecule has 1 heterocycles. The van der Waals surface area contributed by atoms with Crippen molar-refractivity contribution < 1.29 is 4.74 Å². The molecule has 2 aromatic rings. The smallest absolute Gasteiger partial charge is 0.127 e. The van der Waals surface area contributed by atoms with E-state index in [0.29, 0.717) is 0 Å².